The molecule has 0 bridgehead atoms. The molecular weight excluding hydrogens is 422 g/mol. The SMILES string of the molecule is CN(NC(=O)c1ccc2ccccc2c1)c1nc(N2CCOCC2)nc(N2CCOCC2)n1. The summed E-state index contributed by atoms with van der Waals surface area (Å²) in [5.41, 5.74) is 3.46. The molecule has 33 heavy (non-hydrogen) atoms. The van der Waals surface area contributed by atoms with E-state index in [9.17, 15) is 4.79 Å². The Balaban J connectivity index is 1.40. The van der Waals surface area contributed by atoms with Crippen LogP contribution in [0.1, 0.15) is 10.4 Å². The zero-order valence-electron chi connectivity index (χ0n) is 18.6. The Labute approximate surface area is 192 Å². The van der Waals surface area contributed by atoms with Crippen molar-refractivity contribution >= 4 is 34.5 Å². The zero-order chi connectivity index (χ0) is 22.6. The summed E-state index contributed by atoms with van der Waals surface area (Å²) in [5, 5.41) is 3.65. The number of hydrogen-bond donors (Lipinski definition) is 1. The minimum Gasteiger partial charge on any atom is -0.378 e. The van der Waals surface area contributed by atoms with Gasteiger partial charge in [-0.1, -0.05) is 30.3 Å². The van der Waals surface area contributed by atoms with Crippen molar-refractivity contribution in [2.45, 2.75) is 0 Å². The number of aromatic nitrogens is 3. The lowest BCUT2D eigenvalue weighted by atomic mass is 10.1. The van der Waals surface area contributed by atoms with E-state index >= 15 is 0 Å². The molecule has 10 heteroatoms. The van der Waals surface area contributed by atoms with Crippen LogP contribution >= 0.6 is 0 Å². The topological polar surface area (TPSA) is 96.0 Å². The normalized spacial score (nSPS) is 16.6. The molecule has 1 N–H and O–H groups in total. The molecule has 5 rings (SSSR count). The van der Waals surface area contributed by atoms with Gasteiger partial charge in [0.15, 0.2) is 0 Å². The van der Waals surface area contributed by atoms with Crippen molar-refractivity contribution in [1.82, 2.24) is 20.4 Å². The Bertz CT molecular complexity index is 1090. The number of anilines is 3. The van der Waals surface area contributed by atoms with E-state index in [-0.39, 0.29) is 5.91 Å². The van der Waals surface area contributed by atoms with Gasteiger partial charge in [-0.15, -0.1) is 0 Å². The molecule has 3 aromatic rings. The Hall–Kier alpha value is -3.50. The van der Waals surface area contributed by atoms with Gasteiger partial charge in [0, 0.05) is 38.8 Å². The second-order valence-electron chi connectivity index (χ2n) is 8.00. The van der Waals surface area contributed by atoms with Gasteiger partial charge in [-0.25, -0.2) is 0 Å². The van der Waals surface area contributed by atoms with E-state index < -0.39 is 0 Å². The van der Waals surface area contributed by atoms with Crippen LogP contribution in [0.15, 0.2) is 42.5 Å². The first-order chi connectivity index (χ1) is 16.2. The summed E-state index contributed by atoms with van der Waals surface area (Å²) >= 11 is 0. The number of benzene rings is 2. The molecule has 0 unspecified atom stereocenters. The fourth-order valence-corrected chi connectivity index (χ4v) is 3.90. The van der Waals surface area contributed by atoms with Gasteiger partial charge in [-0.3, -0.25) is 15.2 Å². The molecule has 0 saturated carbocycles. The maximum atomic E-state index is 13.0. The van der Waals surface area contributed by atoms with E-state index in [1.54, 1.807) is 12.1 Å². The number of carbonyl (C=O) groups is 1. The highest BCUT2D eigenvalue weighted by molar-refractivity contribution is 5.99. The number of morpholine rings is 2. The number of nitrogens with one attached hydrogen (secondary N) is 1. The molecule has 2 fully saturated rings. The van der Waals surface area contributed by atoms with Crippen molar-refractivity contribution in [3.63, 3.8) is 0 Å². The second-order valence-corrected chi connectivity index (χ2v) is 8.00. The summed E-state index contributed by atoms with van der Waals surface area (Å²) in [5.74, 6) is 1.31. The van der Waals surface area contributed by atoms with Crippen LogP contribution in [0.5, 0.6) is 0 Å². The van der Waals surface area contributed by atoms with Gasteiger partial charge in [0.2, 0.25) is 11.9 Å². The Morgan fingerprint density at radius 1 is 0.848 bits per heavy atom. The number of carbonyl (C=O) groups excluding carboxylic acids is 1. The molecule has 172 valence electrons. The van der Waals surface area contributed by atoms with Gasteiger partial charge in [-0.05, 0) is 22.9 Å². The van der Waals surface area contributed by atoms with Crippen molar-refractivity contribution in [2.24, 2.45) is 0 Å². The molecule has 10 nitrogen and oxygen atoms in total. The molecule has 2 aliphatic heterocycles. The van der Waals surface area contributed by atoms with Gasteiger partial charge in [0.1, 0.15) is 0 Å². The molecule has 0 atom stereocenters. The van der Waals surface area contributed by atoms with Crippen molar-refractivity contribution in [3.05, 3.63) is 48.0 Å². The van der Waals surface area contributed by atoms with E-state index in [1.165, 1.54) is 0 Å². The molecule has 2 saturated heterocycles. The predicted molar refractivity (Wildman–Crippen MR) is 126 cm³/mol. The predicted octanol–water partition coefficient (Wildman–Crippen LogP) is 1.48. The Kier molecular flexibility index (Phi) is 6.18. The van der Waals surface area contributed by atoms with Crippen LogP contribution in [0.25, 0.3) is 10.8 Å². The van der Waals surface area contributed by atoms with E-state index in [2.05, 4.69) is 25.2 Å². The minimum atomic E-state index is -0.232. The van der Waals surface area contributed by atoms with Crippen LogP contribution in [0.2, 0.25) is 0 Å². The summed E-state index contributed by atoms with van der Waals surface area (Å²) < 4.78 is 10.9. The van der Waals surface area contributed by atoms with Crippen molar-refractivity contribution in [1.29, 1.82) is 0 Å². The quantitative estimate of drug-likeness (QED) is 0.581. The van der Waals surface area contributed by atoms with Crippen molar-refractivity contribution in [2.75, 3.05) is 74.5 Å². The van der Waals surface area contributed by atoms with Crippen LogP contribution in [-0.2, 0) is 9.47 Å². The van der Waals surface area contributed by atoms with Crippen LogP contribution in [-0.4, -0.2) is 80.5 Å². The maximum Gasteiger partial charge on any atom is 0.269 e. The van der Waals surface area contributed by atoms with E-state index in [4.69, 9.17) is 14.5 Å². The summed E-state index contributed by atoms with van der Waals surface area (Å²) in [7, 11) is 1.74. The standard InChI is InChI=1S/C23H27N7O3/c1-28(27-20(31)19-7-6-17-4-2-3-5-18(17)16-19)21-24-22(29-8-12-32-13-9-29)26-23(25-21)30-10-14-33-15-11-30/h2-7,16H,8-15H2,1H3,(H,27,31). The minimum absolute atomic E-state index is 0.232. The average molecular weight is 450 g/mol. The van der Waals surface area contributed by atoms with E-state index in [0.29, 0.717) is 76.0 Å². The summed E-state index contributed by atoms with van der Waals surface area (Å²) in [4.78, 5) is 31.1. The van der Waals surface area contributed by atoms with Crippen LogP contribution in [0.3, 0.4) is 0 Å². The third kappa shape index (κ3) is 4.81. The molecule has 0 aliphatic carbocycles. The maximum absolute atomic E-state index is 13.0. The van der Waals surface area contributed by atoms with E-state index in [0.717, 1.165) is 10.8 Å². The van der Waals surface area contributed by atoms with Crippen LogP contribution < -0.4 is 20.2 Å². The third-order valence-electron chi connectivity index (χ3n) is 5.77. The first-order valence-corrected chi connectivity index (χ1v) is 11.1. The molecule has 3 heterocycles. The third-order valence-corrected chi connectivity index (χ3v) is 5.77. The number of amides is 1. The van der Waals surface area contributed by atoms with Gasteiger partial charge in [0.05, 0.1) is 26.4 Å². The summed E-state index contributed by atoms with van der Waals surface area (Å²) in [6, 6.07) is 13.6. The molecule has 0 spiro atoms. The molecule has 2 aromatic carbocycles. The monoisotopic (exact) mass is 449 g/mol. The Morgan fingerprint density at radius 3 is 2.03 bits per heavy atom. The lowest BCUT2D eigenvalue weighted by Gasteiger charge is -2.31. The number of nitrogens with zero attached hydrogens (tertiary/aromatic N) is 6. The number of rotatable bonds is 5. The average Bonchev–Trinajstić information content (AvgIpc) is 2.89. The highest BCUT2D eigenvalue weighted by Gasteiger charge is 2.22. The Morgan fingerprint density at radius 2 is 1.42 bits per heavy atom. The first kappa shape index (κ1) is 21.4. The second kappa shape index (κ2) is 9.55. The summed E-state index contributed by atoms with van der Waals surface area (Å²) in [6.45, 7) is 5.34. The van der Waals surface area contributed by atoms with Gasteiger partial charge in [-0.2, -0.15) is 15.0 Å². The van der Waals surface area contributed by atoms with Crippen LogP contribution in [0.4, 0.5) is 17.8 Å². The number of fused-ring (bicyclic) bond motifs is 1. The number of hydrazine groups is 1. The molecule has 2 aliphatic rings. The highest BCUT2D eigenvalue weighted by atomic mass is 16.5. The van der Waals surface area contributed by atoms with Gasteiger partial charge < -0.3 is 19.3 Å². The lowest BCUT2D eigenvalue weighted by Crippen LogP contribution is -2.43. The fraction of sp³-hybridized carbons (Fsp3) is 0.391. The van der Waals surface area contributed by atoms with Crippen LogP contribution in [0, 0.1) is 0 Å². The summed E-state index contributed by atoms with van der Waals surface area (Å²) in [6.07, 6.45) is 0. The van der Waals surface area contributed by atoms with Gasteiger partial charge >= 0.3 is 0 Å². The lowest BCUT2D eigenvalue weighted by molar-refractivity contribution is 0.0951. The molecule has 0 radical (unpaired) electrons. The largest absolute Gasteiger partial charge is 0.378 e. The van der Waals surface area contributed by atoms with Crippen molar-refractivity contribution < 1.29 is 14.3 Å². The highest BCUT2D eigenvalue weighted by Crippen LogP contribution is 2.20. The molecular formula is C23H27N7O3. The zero-order valence-corrected chi connectivity index (χ0v) is 18.6. The number of ether oxygens (including phenoxy) is 2. The van der Waals surface area contributed by atoms with Gasteiger partial charge in [0.25, 0.3) is 11.9 Å². The van der Waals surface area contributed by atoms with Crippen molar-refractivity contribution in [3.8, 4) is 0 Å². The van der Waals surface area contributed by atoms with E-state index in [1.807, 2.05) is 42.5 Å². The first-order valence-electron chi connectivity index (χ1n) is 11.1. The molecule has 1 aromatic heterocycles. The molecule has 1 amide bonds. The fourth-order valence-electron chi connectivity index (χ4n) is 3.90. The number of hydrogen-bond acceptors (Lipinski definition) is 9. The smallest absolute Gasteiger partial charge is 0.269 e.